The predicted octanol–water partition coefficient (Wildman–Crippen LogP) is 4.97. The number of ether oxygens (including phenoxy) is 3. The number of hydrogen-bond donors (Lipinski definition) is 0. The van der Waals surface area contributed by atoms with E-state index in [1.807, 2.05) is 24.3 Å². The van der Waals surface area contributed by atoms with Gasteiger partial charge in [0.2, 0.25) is 13.0 Å². The minimum atomic E-state index is -0.248. The number of benzene rings is 3. The third-order valence-corrected chi connectivity index (χ3v) is 5.77. The van der Waals surface area contributed by atoms with Crippen LogP contribution < -0.4 is 14.2 Å². The number of aryl methyl sites for hydroxylation is 1. The average molecular weight is 384 g/mol. The van der Waals surface area contributed by atoms with Crippen LogP contribution in [0, 0.1) is 6.92 Å². The molecule has 0 amide bonds. The smallest absolute Gasteiger partial charge is 0.231 e. The Labute approximate surface area is 169 Å². The van der Waals surface area contributed by atoms with Crippen molar-refractivity contribution < 1.29 is 14.2 Å². The molecule has 0 spiro atoms. The van der Waals surface area contributed by atoms with E-state index >= 15 is 0 Å². The predicted molar refractivity (Wildman–Crippen MR) is 109 cm³/mol. The summed E-state index contributed by atoms with van der Waals surface area (Å²) < 4.78 is 17.4. The van der Waals surface area contributed by atoms with Crippen molar-refractivity contribution in [3.8, 4) is 17.2 Å². The van der Waals surface area contributed by atoms with Crippen molar-refractivity contribution in [3.63, 3.8) is 0 Å². The van der Waals surface area contributed by atoms with Crippen LogP contribution in [0.5, 0.6) is 17.2 Å². The molecule has 5 heteroatoms. The highest BCUT2D eigenvalue weighted by atomic mass is 16.7. The number of fused-ring (bicyclic) bond motifs is 4. The SMILES string of the molecule is Cc1ccc([C@H]2Oc3ccccc3[C@@H]3CC(c4ccc5c(c4)OCO5)=NN23)cc1. The summed E-state index contributed by atoms with van der Waals surface area (Å²) in [4.78, 5) is 0. The summed E-state index contributed by atoms with van der Waals surface area (Å²) in [5, 5.41) is 7.12. The summed E-state index contributed by atoms with van der Waals surface area (Å²) in [5.41, 5.74) is 5.60. The molecule has 144 valence electrons. The average Bonchev–Trinajstić information content (AvgIpc) is 3.40. The molecule has 0 saturated heterocycles. The lowest BCUT2D eigenvalue weighted by Gasteiger charge is -2.38. The molecule has 5 nitrogen and oxygen atoms in total. The molecule has 0 aliphatic carbocycles. The van der Waals surface area contributed by atoms with Crippen molar-refractivity contribution in [2.24, 2.45) is 5.10 Å². The molecule has 0 N–H and O–H groups in total. The van der Waals surface area contributed by atoms with Gasteiger partial charge in [0.1, 0.15) is 5.75 Å². The lowest BCUT2D eigenvalue weighted by molar-refractivity contribution is -0.0190. The Morgan fingerprint density at radius 3 is 2.62 bits per heavy atom. The topological polar surface area (TPSA) is 43.3 Å². The molecule has 29 heavy (non-hydrogen) atoms. The van der Waals surface area contributed by atoms with Crippen molar-refractivity contribution in [2.75, 3.05) is 6.79 Å². The first kappa shape index (κ1) is 16.5. The third kappa shape index (κ3) is 2.65. The lowest BCUT2D eigenvalue weighted by atomic mass is 9.95. The van der Waals surface area contributed by atoms with E-state index in [2.05, 4.69) is 54.4 Å². The quantitative estimate of drug-likeness (QED) is 0.626. The van der Waals surface area contributed by atoms with Gasteiger partial charge >= 0.3 is 0 Å². The monoisotopic (exact) mass is 384 g/mol. The van der Waals surface area contributed by atoms with Gasteiger partial charge in [0.05, 0.1) is 11.8 Å². The largest absolute Gasteiger partial charge is 0.464 e. The summed E-state index contributed by atoms with van der Waals surface area (Å²) in [7, 11) is 0. The van der Waals surface area contributed by atoms with Crippen LogP contribution in [0.3, 0.4) is 0 Å². The van der Waals surface area contributed by atoms with E-state index in [9.17, 15) is 0 Å². The molecular formula is C24H20N2O3. The van der Waals surface area contributed by atoms with E-state index in [0.29, 0.717) is 0 Å². The van der Waals surface area contributed by atoms with Crippen molar-refractivity contribution in [2.45, 2.75) is 25.6 Å². The number of rotatable bonds is 2. The molecule has 6 rings (SSSR count). The van der Waals surface area contributed by atoms with Gasteiger partial charge in [-0.25, -0.2) is 5.01 Å². The highest BCUT2D eigenvalue weighted by Crippen LogP contribution is 2.47. The van der Waals surface area contributed by atoms with Gasteiger partial charge in [-0.15, -0.1) is 0 Å². The molecule has 0 fully saturated rings. The molecule has 3 aliphatic rings. The van der Waals surface area contributed by atoms with Crippen LogP contribution in [0.25, 0.3) is 0 Å². The maximum absolute atomic E-state index is 6.40. The van der Waals surface area contributed by atoms with E-state index in [4.69, 9.17) is 19.3 Å². The first-order valence-electron chi connectivity index (χ1n) is 9.84. The molecule has 0 saturated carbocycles. The fraction of sp³-hybridized carbons (Fsp3) is 0.208. The van der Waals surface area contributed by atoms with Gasteiger partial charge in [-0.2, -0.15) is 5.10 Å². The summed E-state index contributed by atoms with van der Waals surface area (Å²) >= 11 is 0. The van der Waals surface area contributed by atoms with Crippen LogP contribution in [-0.4, -0.2) is 17.5 Å². The highest BCUT2D eigenvalue weighted by molar-refractivity contribution is 6.02. The fourth-order valence-corrected chi connectivity index (χ4v) is 4.24. The van der Waals surface area contributed by atoms with Crippen molar-refractivity contribution in [1.82, 2.24) is 5.01 Å². The van der Waals surface area contributed by atoms with Gasteiger partial charge in [0, 0.05) is 23.1 Å². The first-order chi connectivity index (χ1) is 14.3. The van der Waals surface area contributed by atoms with Crippen LogP contribution in [0.1, 0.15) is 40.9 Å². The van der Waals surface area contributed by atoms with Gasteiger partial charge in [-0.3, -0.25) is 0 Å². The van der Waals surface area contributed by atoms with Crippen LogP contribution >= 0.6 is 0 Å². The number of para-hydroxylation sites is 1. The van der Waals surface area contributed by atoms with Crippen LogP contribution in [-0.2, 0) is 0 Å². The molecule has 0 unspecified atom stereocenters. The molecule has 2 atom stereocenters. The summed E-state index contributed by atoms with van der Waals surface area (Å²) in [5.74, 6) is 2.50. The van der Waals surface area contributed by atoms with E-state index < -0.39 is 0 Å². The normalized spacial score (nSPS) is 21.3. The Morgan fingerprint density at radius 2 is 1.72 bits per heavy atom. The van der Waals surface area contributed by atoms with Gasteiger partial charge in [0.15, 0.2) is 11.5 Å². The Bertz CT molecular complexity index is 1120. The summed E-state index contributed by atoms with van der Waals surface area (Å²) in [6, 6.07) is 22.9. The van der Waals surface area contributed by atoms with Gasteiger partial charge < -0.3 is 14.2 Å². The fourth-order valence-electron chi connectivity index (χ4n) is 4.24. The molecule has 0 radical (unpaired) electrons. The van der Waals surface area contributed by atoms with Gasteiger partial charge in [-0.1, -0.05) is 48.0 Å². The zero-order valence-corrected chi connectivity index (χ0v) is 16.0. The van der Waals surface area contributed by atoms with Gasteiger partial charge in [-0.05, 0) is 31.2 Å². The maximum Gasteiger partial charge on any atom is 0.231 e. The lowest BCUT2D eigenvalue weighted by Crippen LogP contribution is -2.33. The molecule has 3 aromatic rings. The van der Waals surface area contributed by atoms with E-state index in [1.54, 1.807) is 0 Å². The highest BCUT2D eigenvalue weighted by Gasteiger charge is 2.41. The zero-order chi connectivity index (χ0) is 19.4. The molecule has 0 aromatic heterocycles. The van der Waals surface area contributed by atoms with Crippen molar-refractivity contribution in [3.05, 3.63) is 89.0 Å². The first-order valence-corrected chi connectivity index (χ1v) is 9.84. The Morgan fingerprint density at radius 1 is 0.897 bits per heavy atom. The molecular weight excluding hydrogens is 364 g/mol. The second-order valence-corrected chi connectivity index (χ2v) is 7.63. The molecule has 3 heterocycles. The molecule has 0 bridgehead atoms. The van der Waals surface area contributed by atoms with E-state index in [1.165, 1.54) is 11.1 Å². The minimum Gasteiger partial charge on any atom is -0.464 e. The van der Waals surface area contributed by atoms with Crippen LogP contribution in [0.15, 0.2) is 71.8 Å². The van der Waals surface area contributed by atoms with Crippen molar-refractivity contribution >= 4 is 5.71 Å². The van der Waals surface area contributed by atoms with Crippen LogP contribution in [0.2, 0.25) is 0 Å². The third-order valence-electron chi connectivity index (χ3n) is 5.77. The summed E-state index contributed by atoms with van der Waals surface area (Å²) in [6.07, 6.45) is 0.574. The van der Waals surface area contributed by atoms with Crippen molar-refractivity contribution in [1.29, 1.82) is 0 Å². The maximum atomic E-state index is 6.40. The number of nitrogens with zero attached hydrogens (tertiary/aromatic N) is 2. The second-order valence-electron chi connectivity index (χ2n) is 7.63. The zero-order valence-electron chi connectivity index (χ0n) is 16.0. The number of hydrazone groups is 1. The second kappa shape index (κ2) is 6.27. The Balaban J connectivity index is 1.42. The minimum absolute atomic E-state index is 0.145. The number of hydrogen-bond acceptors (Lipinski definition) is 5. The molecule has 3 aromatic carbocycles. The van der Waals surface area contributed by atoms with E-state index in [-0.39, 0.29) is 19.1 Å². The van der Waals surface area contributed by atoms with E-state index in [0.717, 1.165) is 40.5 Å². The van der Waals surface area contributed by atoms with Gasteiger partial charge in [0.25, 0.3) is 0 Å². The standard InChI is InChI=1S/C24H20N2O3/c1-15-6-8-16(9-7-15)24-26-20(18-4-2-3-5-21(18)29-24)13-19(25-26)17-10-11-22-23(12-17)28-14-27-22/h2-12,20,24H,13-14H2,1H3/t20-,24+/m0/s1. The summed E-state index contributed by atoms with van der Waals surface area (Å²) in [6.45, 7) is 2.37. The Hall–Kier alpha value is -3.47. The molecule has 3 aliphatic heterocycles. The van der Waals surface area contributed by atoms with Crippen LogP contribution in [0.4, 0.5) is 0 Å². The Kier molecular flexibility index (Phi) is 3.57.